The number of amides is 3. The SMILES string of the molecule is C=CCN(C(=O)[C@H]1[C@H]2C(=O)N([C@H](CO)c3ccccc3)C(C(=O)N(CC=C)C(C)(C)C)C23CC[C@]1(CC)O3)c1ccccc1. The Balaban J connectivity index is 1.69. The molecule has 1 spiro atoms. The lowest BCUT2D eigenvalue weighted by Crippen LogP contribution is -2.60. The molecule has 3 amide bonds. The van der Waals surface area contributed by atoms with Crippen molar-refractivity contribution in [2.24, 2.45) is 11.8 Å². The summed E-state index contributed by atoms with van der Waals surface area (Å²) in [6.45, 7) is 15.8. The molecule has 234 valence electrons. The van der Waals surface area contributed by atoms with Crippen molar-refractivity contribution in [3.63, 3.8) is 0 Å². The molecule has 2 bridgehead atoms. The van der Waals surface area contributed by atoms with Crippen molar-refractivity contribution in [1.29, 1.82) is 0 Å². The van der Waals surface area contributed by atoms with E-state index in [1.807, 2.05) is 88.4 Å². The Morgan fingerprint density at radius 1 is 1.02 bits per heavy atom. The smallest absolute Gasteiger partial charge is 0.249 e. The van der Waals surface area contributed by atoms with Gasteiger partial charge < -0.3 is 24.5 Å². The molecule has 44 heavy (non-hydrogen) atoms. The highest BCUT2D eigenvalue weighted by Gasteiger charge is 2.79. The highest BCUT2D eigenvalue weighted by Crippen LogP contribution is 2.65. The van der Waals surface area contributed by atoms with E-state index in [1.54, 1.807) is 22.0 Å². The molecule has 0 radical (unpaired) electrons. The van der Waals surface area contributed by atoms with Crippen molar-refractivity contribution in [3.05, 3.63) is 91.5 Å². The molecule has 2 aromatic rings. The maximum atomic E-state index is 14.9. The van der Waals surface area contributed by atoms with Crippen molar-refractivity contribution >= 4 is 23.4 Å². The quantitative estimate of drug-likeness (QED) is 0.371. The lowest BCUT2D eigenvalue weighted by atomic mass is 9.64. The summed E-state index contributed by atoms with van der Waals surface area (Å²) in [5, 5.41) is 10.8. The normalized spacial score (nSPS) is 28.0. The van der Waals surface area contributed by atoms with Gasteiger partial charge in [0.05, 0.1) is 30.1 Å². The number of likely N-dealkylation sites (tertiary alicyclic amines) is 1. The summed E-state index contributed by atoms with van der Waals surface area (Å²) in [6, 6.07) is 16.8. The molecule has 1 N–H and O–H groups in total. The van der Waals surface area contributed by atoms with Gasteiger partial charge in [0, 0.05) is 24.3 Å². The second kappa shape index (κ2) is 12.0. The topological polar surface area (TPSA) is 90.4 Å². The predicted molar refractivity (Wildman–Crippen MR) is 171 cm³/mol. The van der Waals surface area contributed by atoms with Gasteiger partial charge in [-0.3, -0.25) is 14.4 Å². The Kier molecular flexibility index (Phi) is 8.62. The highest BCUT2D eigenvalue weighted by molar-refractivity contribution is 6.03. The molecule has 5 rings (SSSR count). The lowest BCUT2D eigenvalue weighted by Gasteiger charge is -2.43. The number of hydrogen-bond acceptors (Lipinski definition) is 5. The Hall–Kier alpha value is -3.75. The van der Waals surface area contributed by atoms with Crippen LogP contribution >= 0.6 is 0 Å². The van der Waals surface area contributed by atoms with Crippen LogP contribution in [-0.2, 0) is 19.1 Å². The van der Waals surface area contributed by atoms with Crippen molar-refractivity contribution in [2.75, 3.05) is 24.6 Å². The Morgan fingerprint density at radius 2 is 1.64 bits per heavy atom. The molecular formula is C36H45N3O5. The maximum Gasteiger partial charge on any atom is 0.249 e. The first-order valence-corrected chi connectivity index (χ1v) is 15.6. The monoisotopic (exact) mass is 599 g/mol. The predicted octanol–water partition coefficient (Wildman–Crippen LogP) is 4.91. The minimum absolute atomic E-state index is 0.218. The van der Waals surface area contributed by atoms with E-state index in [2.05, 4.69) is 13.2 Å². The third kappa shape index (κ3) is 4.88. The molecule has 8 heteroatoms. The van der Waals surface area contributed by atoms with Crippen LogP contribution in [0.25, 0.3) is 0 Å². The van der Waals surface area contributed by atoms with Gasteiger partial charge in [-0.1, -0.05) is 67.6 Å². The van der Waals surface area contributed by atoms with Gasteiger partial charge >= 0.3 is 0 Å². The van der Waals surface area contributed by atoms with Gasteiger partial charge in [-0.05, 0) is 57.7 Å². The molecule has 3 saturated heterocycles. The molecule has 0 saturated carbocycles. The van der Waals surface area contributed by atoms with Crippen LogP contribution in [0.5, 0.6) is 0 Å². The summed E-state index contributed by atoms with van der Waals surface area (Å²) < 4.78 is 7.03. The van der Waals surface area contributed by atoms with E-state index < -0.39 is 40.7 Å². The second-order valence-electron chi connectivity index (χ2n) is 13.2. The van der Waals surface area contributed by atoms with Gasteiger partial charge in [-0.15, -0.1) is 13.2 Å². The third-order valence-electron chi connectivity index (χ3n) is 9.84. The summed E-state index contributed by atoms with van der Waals surface area (Å²) in [4.78, 5) is 49.4. The number of aliphatic hydroxyl groups excluding tert-OH is 1. The number of para-hydroxylation sites is 1. The summed E-state index contributed by atoms with van der Waals surface area (Å²) in [5.41, 5.74) is -1.30. The Morgan fingerprint density at radius 3 is 2.18 bits per heavy atom. The molecule has 3 fully saturated rings. The molecule has 0 aromatic heterocycles. The van der Waals surface area contributed by atoms with Crippen LogP contribution in [0, 0.1) is 11.8 Å². The van der Waals surface area contributed by atoms with Gasteiger partial charge in [0.25, 0.3) is 0 Å². The number of carbonyl (C=O) groups excluding carboxylic acids is 3. The zero-order valence-electron chi connectivity index (χ0n) is 26.3. The fraction of sp³-hybridized carbons (Fsp3) is 0.472. The number of benzene rings is 2. The van der Waals surface area contributed by atoms with E-state index in [9.17, 15) is 19.5 Å². The number of aliphatic hydroxyl groups is 1. The van der Waals surface area contributed by atoms with Crippen molar-refractivity contribution in [2.45, 2.75) is 75.8 Å². The minimum Gasteiger partial charge on any atom is -0.394 e. The number of carbonyl (C=O) groups is 3. The van der Waals surface area contributed by atoms with Gasteiger partial charge in [0.15, 0.2) is 0 Å². The molecule has 2 aromatic carbocycles. The van der Waals surface area contributed by atoms with Crippen LogP contribution in [-0.4, -0.2) is 75.1 Å². The third-order valence-corrected chi connectivity index (χ3v) is 9.84. The van der Waals surface area contributed by atoms with Crippen LogP contribution in [0.1, 0.15) is 58.6 Å². The summed E-state index contributed by atoms with van der Waals surface area (Å²) in [7, 11) is 0. The summed E-state index contributed by atoms with van der Waals surface area (Å²) >= 11 is 0. The second-order valence-corrected chi connectivity index (χ2v) is 13.2. The van der Waals surface area contributed by atoms with Gasteiger partial charge in [-0.2, -0.15) is 0 Å². The zero-order chi connectivity index (χ0) is 31.9. The number of nitrogens with zero attached hydrogens (tertiary/aromatic N) is 3. The molecule has 8 nitrogen and oxygen atoms in total. The van der Waals surface area contributed by atoms with Crippen molar-refractivity contribution < 1.29 is 24.2 Å². The molecule has 3 aliphatic rings. The fourth-order valence-electron chi connectivity index (χ4n) is 7.87. The van der Waals surface area contributed by atoms with Crippen molar-refractivity contribution in [1.82, 2.24) is 9.80 Å². The number of ether oxygens (including phenoxy) is 1. The molecule has 0 aliphatic carbocycles. The average Bonchev–Trinajstić information content (AvgIpc) is 3.62. The molecular weight excluding hydrogens is 554 g/mol. The zero-order valence-corrected chi connectivity index (χ0v) is 26.3. The van der Waals surface area contributed by atoms with Gasteiger partial charge in [-0.25, -0.2) is 0 Å². The standard InChI is InChI=1S/C36H45N3O5/c1-7-22-37(26-18-14-11-15-19-26)31(41)28-29-32(42)39(27(24-40)25-16-12-10-13-17-25)30(33(43)38(23-8-2)34(4,5)6)36(29)21-20-35(28,9-3)44-36/h7-8,10-19,27-30,40H,1-2,9,20-24H2,3-6H3/t27-,28-,29+,30?,35+,36?/m1/s1. The largest absolute Gasteiger partial charge is 0.394 e. The van der Waals surface area contributed by atoms with E-state index >= 15 is 0 Å². The van der Waals surface area contributed by atoms with E-state index in [1.165, 1.54) is 4.90 Å². The van der Waals surface area contributed by atoms with Crippen LogP contribution in [0.15, 0.2) is 86.0 Å². The number of anilines is 1. The maximum absolute atomic E-state index is 14.9. The molecule has 3 aliphatic heterocycles. The summed E-state index contributed by atoms with van der Waals surface area (Å²) in [5.74, 6) is -2.53. The van der Waals surface area contributed by atoms with Crippen LogP contribution < -0.4 is 4.90 Å². The molecule has 2 unspecified atom stereocenters. The van der Waals surface area contributed by atoms with E-state index in [4.69, 9.17) is 4.74 Å². The fourth-order valence-corrected chi connectivity index (χ4v) is 7.87. The van der Waals surface area contributed by atoms with Crippen molar-refractivity contribution in [3.8, 4) is 0 Å². The van der Waals surface area contributed by atoms with Gasteiger partial charge in [0.1, 0.15) is 11.6 Å². The number of rotatable bonds is 11. The first-order chi connectivity index (χ1) is 21.0. The number of fused-ring (bicyclic) bond motifs is 1. The Labute approximate surface area is 261 Å². The summed E-state index contributed by atoms with van der Waals surface area (Å²) in [6.07, 6.45) is 4.88. The van der Waals surface area contributed by atoms with Gasteiger partial charge in [0.2, 0.25) is 17.7 Å². The minimum atomic E-state index is -1.23. The van der Waals surface area contributed by atoms with E-state index in [0.29, 0.717) is 30.5 Å². The highest BCUT2D eigenvalue weighted by atomic mass is 16.5. The average molecular weight is 600 g/mol. The van der Waals surface area contributed by atoms with Crippen LogP contribution in [0.2, 0.25) is 0 Å². The first-order valence-electron chi connectivity index (χ1n) is 15.6. The molecule has 6 atom stereocenters. The van der Waals surface area contributed by atoms with E-state index in [0.717, 1.165) is 0 Å². The Bertz CT molecular complexity index is 1410. The van der Waals surface area contributed by atoms with Crippen LogP contribution in [0.3, 0.4) is 0 Å². The lowest BCUT2D eigenvalue weighted by molar-refractivity contribution is -0.159. The van der Waals surface area contributed by atoms with Crippen LogP contribution in [0.4, 0.5) is 5.69 Å². The van der Waals surface area contributed by atoms with E-state index in [-0.39, 0.29) is 37.4 Å². The number of hydrogen-bond donors (Lipinski definition) is 1. The first kappa shape index (κ1) is 31.7. The molecule has 3 heterocycles.